The van der Waals surface area contributed by atoms with E-state index in [1.54, 1.807) is 27.7 Å². The van der Waals surface area contributed by atoms with Crippen molar-refractivity contribution in [3.63, 3.8) is 0 Å². The summed E-state index contributed by atoms with van der Waals surface area (Å²) in [6.07, 6.45) is -0.778. The second-order valence-electron chi connectivity index (χ2n) is 9.32. The average Bonchev–Trinajstić information content (AvgIpc) is 2.85. The summed E-state index contributed by atoms with van der Waals surface area (Å²) in [6.45, 7) is 7.16. The predicted octanol–water partition coefficient (Wildman–Crippen LogP) is 5.45. The Kier molecular flexibility index (Phi) is 8.82. The van der Waals surface area contributed by atoms with E-state index in [9.17, 15) is 9.59 Å². The minimum absolute atomic E-state index is 0.0358. The number of carbonyl (C=O) groups is 2. The molecule has 2 amide bonds. The molecule has 0 saturated heterocycles. The number of hydrogen-bond donors (Lipinski definition) is 2. The Morgan fingerprint density at radius 1 is 0.806 bits per heavy atom. The van der Waals surface area contributed by atoms with Crippen LogP contribution in [0.5, 0.6) is 0 Å². The number of rotatable bonds is 10. The summed E-state index contributed by atoms with van der Waals surface area (Å²) in [5.41, 5.74) is 6.37. The van der Waals surface area contributed by atoms with E-state index >= 15 is 0 Å². The maximum atomic E-state index is 12.9. The molecular weight excluding hydrogens is 472 g/mol. The summed E-state index contributed by atoms with van der Waals surface area (Å²) in [6, 6.07) is 30.1. The van der Waals surface area contributed by atoms with Crippen molar-refractivity contribution < 1.29 is 19.1 Å². The van der Waals surface area contributed by atoms with E-state index in [0.29, 0.717) is 0 Å². The number of hydrogen-bond acceptors (Lipinski definition) is 5. The Morgan fingerprint density at radius 3 is 1.56 bits per heavy atom. The zero-order valence-electron chi connectivity index (χ0n) is 21.2. The first kappa shape index (κ1) is 27.3. The minimum Gasteiger partial charge on any atom is -0.444 e. The molecule has 1 atom stereocenters. The smallest absolute Gasteiger partial charge is 0.410 e. The largest absolute Gasteiger partial charge is 0.444 e. The topological polar surface area (TPSA) is 90.7 Å². The second kappa shape index (κ2) is 11.6. The Hall–Kier alpha value is -3.29. The van der Waals surface area contributed by atoms with Gasteiger partial charge in [0.05, 0.1) is 10.5 Å². The zero-order valence-corrected chi connectivity index (χ0v) is 22.0. The van der Waals surface area contributed by atoms with Crippen LogP contribution in [0.3, 0.4) is 0 Å². The van der Waals surface area contributed by atoms with E-state index < -0.39 is 28.1 Å². The van der Waals surface area contributed by atoms with Gasteiger partial charge in [-0.3, -0.25) is 10.1 Å². The molecule has 0 aliphatic carbocycles. The van der Waals surface area contributed by atoms with Crippen LogP contribution in [-0.4, -0.2) is 35.7 Å². The molecule has 0 aliphatic heterocycles. The molecule has 3 rings (SSSR count). The van der Waals surface area contributed by atoms with E-state index in [1.165, 1.54) is 11.8 Å². The molecule has 1 unspecified atom stereocenters. The summed E-state index contributed by atoms with van der Waals surface area (Å²) in [7, 11) is 0. The van der Waals surface area contributed by atoms with Crippen molar-refractivity contribution in [1.29, 1.82) is 0 Å². The van der Waals surface area contributed by atoms with Crippen LogP contribution in [0.1, 0.15) is 44.4 Å². The van der Waals surface area contributed by atoms with Gasteiger partial charge in [0.2, 0.25) is 5.72 Å². The summed E-state index contributed by atoms with van der Waals surface area (Å²) in [5.74, 6) is -0.764. The quantitative estimate of drug-likeness (QED) is 0.282. The highest BCUT2D eigenvalue weighted by Crippen LogP contribution is 2.49. The van der Waals surface area contributed by atoms with Gasteiger partial charge in [0.25, 0.3) is 5.91 Å². The lowest BCUT2D eigenvalue weighted by Gasteiger charge is -2.39. The number of carbonyl (C=O) groups excluding carboxylic acids is 2. The van der Waals surface area contributed by atoms with Gasteiger partial charge in [0, 0.05) is 6.61 Å². The van der Waals surface area contributed by atoms with Gasteiger partial charge in [-0.15, -0.1) is 11.8 Å². The number of primary amides is 1. The van der Waals surface area contributed by atoms with E-state index in [2.05, 4.69) is 41.7 Å². The first-order valence-electron chi connectivity index (χ1n) is 11.9. The van der Waals surface area contributed by atoms with Crippen LogP contribution in [-0.2, 0) is 19.0 Å². The number of nitrogens with two attached hydrogens (primary N) is 1. The van der Waals surface area contributed by atoms with Gasteiger partial charge in [-0.1, -0.05) is 91.0 Å². The molecule has 7 heteroatoms. The van der Waals surface area contributed by atoms with Crippen LogP contribution in [0.25, 0.3) is 0 Å². The molecule has 36 heavy (non-hydrogen) atoms. The van der Waals surface area contributed by atoms with Crippen LogP contribution in [0, 0.1) is 0 Å². The lowest BCUT2D eigenvalue weighted by molar-refractivity contribution is -0.144. The van der Waals surface area contributed by atoms with Gasteiger partial charge in [-0.05, 0) is 44.4 Å². The zero-order chi connectivity index (χ0) is 26.2. The SMILES string of the molecule is CCOC(CSC(c1ccccc1)(c1ccccc1)c1ccccc1)(NC(=O)OC(C)(C)C)C(N)=O. The maximum absolute atomic E-state index is 12.9. The fraction of sp³-hybridized carbons (Fsp3) is 0.310. The van der Waals surface area contributed by atoms with Crippen molar-refractivity contribution in [2.75, 3.05) is 12.4 Å². The third-order valence-corrected chi connectivity index (χ3v) is 7.22. The molecule has 0 radical (unpaired) electrons. The normalized spacial score (nSPS) is 13.4. The van der Waals surface area contributed by atoms with Gasteiger partial charge >= 0.3 is 6.09 Å². The fourth-order valence-electron chi connectivity index (χ4n) is 4.01. The standard InChI is InChI=1S/C29H34N2O4S/c1-5-34-28(25(30)32,31-26(33)35-27(2,3)4)21-36-29(22-15-9-6-10-16-22,23-17-11-7-12-18-23)24-19-13-8-14-20-24/h6-20H,5,21H2,1-4H3,(H2,30,32)(H,31,33). The van der Waals surface area contributed by atoms with Crippen molar-refractivity contribution in [2.24, 2.45) is 5.73 Å². The van der Waals surface area contributed by atoms with Gasteiger partial charge in [-0.25, -0.2) is 4.79 Å². The molecule has 3 aromatic rings. The predicted molar refractivity (Wildman–Crippen MR) is 145 cm³/mol. The third kappa shape index (κ3) is 6.28. The lowest BCUT2D eigenvalue weighted by atomic mass is 9.84. The van der Waals surface area contributed by atoms with Crippen LogP contribution >= 0.6 is 11.8 Å². The average molecular weight is 507 g/mol. The summed E-state index contributed by atoms with van der Waals surface area (Å²) in [5, 5.41) is 2.64. The first-order valence-corrected chi connectivity index (χ1v) is 12.9. The Bertz CT molecular complexity index is 1040. The summed E-state index contributed by atoms with van der Waals surface area (Å²) < 4.78 is 10.6. The number of ether oxygens (including phenoxy) is 2. The second-order valence-corrected chi connectivity index (χ2v) is 10.5. The summed E-state index contributed by atoms with van der Waals surface area (Å²) in [4.78, 5) is 25.6. The molecule has 0 aromatic heterocycles. The molecule has 0 fully saturated rings. The fourth-order valence-corrected chi connectivity index (χ4v) is 5.64. The Balaban J connectivity index is 2.14. The van der Waals surface area contributed by atoms with Gasteiger partial charge in [0.15, 0.2) is 0 Å². The molecule has 0 spiro atoms. The van der Waals surface area contributed by atoms with Gasteiger partial charge in [0.1, 0.15) is 5.60 Å². The number of alkyl carbamates (subject to hydrolysis) is 1. The van der Waals surface area contributed by atoms with Crippen molar-refractivity contribution in [1.82, 2.24) is 5.32 Å². The number of nitrogens with one attached hydrogen (secondary N) is 1. The highest BCUT2D eigenvalue weighted by Gasteiger charge is 2.46. The monoisotopic (exact) mass is 506 g/mol. The van der Waals surface area contributed by atoms with E-state index in [-0.39, 0.29) is 12.4 Å². The molecular formula is C29H34N2O4S. The molecule has 3 N–H and O–H groups in total. The molecule has 6 nitrogen and oxygen atoms in total. The van der Waals surface area contributed by atoms with E-state index in [1.807, 2.05) is 54.6 Å². The molecule has 0 heterocycles. The Labute approximate surface area is 217 Å². The molecule has 190 valence electrons. The van der Waals surface area contributed by atoms with Gasteiger partial charge < -0.3 is 15.2 Å². The first-order chi connectivity index (χ1) is 17.1. The van der Waals surface area contributed by atoms with Crippen molar-refractivity contribution in [3.05, 3.63) is 108 Å². The molecule has 0 bridgehead atoms. The number of amides is 2. The van der Waals surface area contributed by atoms with Crippen molar-refractivity contribution in [2.45, 2.75) is 43.8 Å². The van der Waals surface area contributed by atoms with Crippen LogP contribution < -0.4 is 11.1 Å². The molecule has 0 aliphatic rings. The number of benzene rings is 3. The Morgan fingerprint density at radius 2 is 1.22 bits per heavy atom. The van der Waals surface area contributed by atoms with Crippen LogP contribution in [0.4, 0.5) is 4.79 Å². The molecule has 0 saturated carbocycles. The lowest BCUT2D eigenvalue weighted by Crippen LogP contribution is -2.62. The summed E-state index contributed by atoms with van der Waals surface area (Å²) >= 11 is 1.47. The van der Waals surface area contributed by atoms with Crippen LogP contribution in [0.15, 0.2) is 91.0 Å². The van der Waals surface area contributed by atoms with Crippen LogP contribution in [0.2, 0.25) is 0 Å². The molecule has 3 aromatic carbocycles. The third-order valence-electron chi connectivity index (χ3n) is 5.52. The van der Waals surface area contributed by atoms with Gasteiger partial charge in [-0.2, -0.15) is 0 Å². The van der Waals surface area contributed by atoms with E-state index in [4.69, 9.17) is 15.2 Å². The minimum atomic E-state index is -1.79. The number of thioether (sulfide) groups is 1. The van der Waals surface area contributed by atoms with Crippen molar-refractivity contribution >= 4 is 23.8 Å². The van der Waals surface area contributed by atoms with E-state index in [0.717, 1.165) is 16.7 Å². The van der Waals surface area contributed by atoms with Crippen molar-refractivity contribution in [3.8, 4) is 0 Å². The highest BCUT2D eigenvalue weighted by atomic mass is 32.2. The highest BCUT2D eigenvalue weighted by molar-refractivity contribution is 8.00. The maximum Gasteiger partial charge on any atom is 0.410 e.